The van der Waals surface area contributed by atoms with Gasteiger partial charge in [-0.1, -0.05) is 0 Å². The van der Waals surface area contributed by atoms with E-state index in [1.165, 1.54) is 0 Å². The molecule has 0 unspecified atom stereocenters. The molecule has 1 aromatic heterocycles. The molecule has 1 saturated heterocycles. The van der Waals surface area contributed by atoms with E-state index in [1.807, 2.05) is 24.3 Å². The minimum absolute atomic E-state index is 0.147. The number of carbonyl (C=O) groups is 1. The summed E-state index contributed by atoms with van der Waals surface area (Å²) < 4.78 is 11.1. The van der Waals surface area contributed by atoms with Gasteiger partial charge in [0.15, 0.2) is 6.23 Å². The molecule has 3 rings (SSSR count). The van der Waals surface area contributed by atoms with Gasteiger partial charge < -0.3 is 19.7 Å². The number of hydrogen-bond donors (Lipinski definition) is 2. The zero-order valence-corrected chi connectivity index (χ0v) is 14.1. The summed E-state index contributed by atoms with van der Waals surface area (Å²) in [6.07, 6.45) is 2.68. The molecule has 1 aromatic carbocycles. The first-order valence-corrected chi connectivity index (χ1v) is 8.23. The van der Waals surface area contributed by atoms with Crippen LogP contribution < -0.4 is 20.1 Å². The Hall–Kier alpha value is -2.80. The molecular formula is C18H22N4O3. The lowest BCUT2D eigenvalue weighted by molar-refractivity contribution is 0.139. The van der Waals surface area contributed by atoms with E-state index < -0.39 is 6.23 Å². The van der Waals surface area contributed by atoms with E-state index in [0.717, 1.165) is 24.4 Å². The third-order valence-electron chi connectivity index (χ3n) is 3.97. The van der Waals surface area contributed by atoms with Gasteiger partial charge in [-0.15, -0.1) is 0 Å². The number of aromatic nitrogens is 1. The van der Waals surface area contributed by atoms with Crippen LogP contribution in [0, 0.1) is 0 Å². The average molecular weight is 342 g/mol. The third kappa shape index (κ3) is 4.60. The highest BCUT2D eigenvalue weighted by Gasteiger charge is 2.22. The Morgan fingerprint density at radius 2 is 1.96 bits per heavy atom. The minimum atomic E-state index is -0.613. The third-order valence-corrected chi connectivity index (χ3v) is 3.97. The largest absolute Gasteiger partial charge is 0.497 e. The van der Waals surface area contributed by atoms with Gasteiger partial charge in [0.25, 0.3) is 0 Å². The quantitative estimate of drug-likeness (QED) is 0.810. The molecule has 132 valence electrons. The van der Waals surface area contributed by atoms with Gasteiger partial charge in [0, 0.05) is 37.9 Å². The van der Waals surface area contributed by atoms with Crippen molar-refractivity contribution in [2.45, 2.75) is 6.23 Å². The predicted octanol–water partition coefficient (Wildman–Crippen LogP) is 1.78. The van der Waals surface area contributed by atoms with Crippen LogP contribution in [0.1, 0.15) is 11.8 Å². The molecule has 0 radical (unpaired) electrons. The highest BCUT2D eigenvalue weighted by atomic mass is 16.5. The molecule has 2 amide bonds. The number of hydrogen-bond acceptors (Lipinski definition) is 5. The molecule has 0 bridgehead atoms. The number of benzene rings is 1. The number of amides is 2. The first-order valence-electron chi connectivity index (χ1n) is 8.23. The number of methoxy groups -OCH3 is 1. The maximum absolute atomic E-state index is 12.6. The lowest BCUT2D eigenvalue weighted by Gasteiger charge is -2.30. The molecule has 2 heterocycles. The lowest BCUT2D eigenvalue weighted by atomic mass is 10.2. The Kier molecular flexibility index (Phi) is 5.69. The fourth-order valence-electron chi connectivity index (χ4n) is 2.58. The zero-order chi connectivity index (χ0) is 17.5. The van der Waals surface area contributed by atoms with Gasteiger partial charge >= 0.3 is 6.03 Å². The van der Waals surface area contributed by atoms with Crippen molar-refractivity contribution >= 4 is 6.03 Å². The highest BCUT2D eigenvalue weighted by Crippen LogP contribution is 2.22. The Labute approximate surface area is 147 Å². The number of rotatable bonds is 5. The molecule has 2 N–H and O–H groups in total. The van der Waals surface area contributed by atoms with Crippen LogP contribution in [0.3, 0.4) is 0 Å². The van der Waals surface area contributed by atoms with Crippen LogP contribution in [-0.2, 0) is 0 Å². The van der Waals surface area contributed by atoms with E-state index in [2.05, 4.69) is 15.6 Å². The fourth-order valence-corrected chi connectivity index (χ4v) is 2.58. The van der Waals surface area contributed by atoms with Crippen LogP contribution in [0.5, 0.6) is 11.5 Å². The van der Waals surface area contributed by atoms with Crippen molar-refractivity contribution in [3.63, 3.8) is 0 Å². The second-order valence-corrected chi connectivity index (χ2v) is 5.65. The Bertz CT molecular complexity index is 672. The van der Waals surface area contributed by atoms with Crippen LogP contribution in [0.2, 0.25) is 0 Å². The van der Waals surface area contributed by atoms with Crippen LogP contribution in [0.15, 0.2) is 48.8 Å². The molecule has 2 aromatic rings. The summed E-state index contributed by atoms with van der Waals surface area (Å²) in [6, 6.07) is 10.9. The lowest BCUT2D eigenvalue weighted by Crippen LogP contribution is -2.51. The molecule has 0 aliphatic carbocycles. The molecule has 25 heavy (non-hydrogen) atoms. The zero-order valence-electron chi connectivity index (χ0n) is 14.1. The maximum Gasteiger partial charge on any atom is 0.320 e. The number of urea groups is 1. The highest BCUT2D eigenvalue weighted by molar-refractivity contribution is 5.74. The van der Waals surface area contributed by atoms with Gasteiger partial charge in [-0.3, -0.25) is 10.3 Å². The molecule has 0 spiro atoms. The van der Waals surface area contributed by atoms with Crippen molar-refractivity contribution in [1.29, 1.82) is 0 Å². The van der Waals surface area contributed by atoms with Crippen molar-refractivity contribution in [2.75, 3.05) is 33.3 Å². The number of carbonyl (C=O) groups excluding carboxylic acids is 1. The summed E-state index contributed by atoms with van der Waals surface area (Å²) in [6.45, 7) is 2.94. The van der Waals surface area contributed by atoms with Gasteiger partial charge in [0.05, 0.1) is 13.3 Å². The summed E-state index contributed by atoms with van der Waals surface area (Å²) in [4.78, 5) is 18.4. The Balaban J connectivity index is 1.76. The molecular weight excluding hydrogens is 320 g/mol. The summed E-state index contributed by atoms with van der Waals surface area (Å²) in [5.41, 5.74) is 0.827. The van der Waals surface area contributed by atoms with Crippen LogP contribution in [-0.4, -0.2) is 49.2 Å². The molecule has 1 atom stereocenters. The molecule has 7 heteroatoms. The van der Waals surface area contributed by atoms with Crippen molar-refractivity contribution in [2.24, 2.45) is 0 Å². The van der Waals surface area contributed by atoms with E-state index in [-0.39, 0.29) is 6.03 Å². The van der Waals surface area contributed by atoms with Crippen molar-refractivity contribution in [3.05, 3.63) is 54.4 Å². The Morgan fingerprint density at radius 1 is 1.20 bits per heavy atom. The van der Waals surface area contributed by atoms with E-state index in [1.54, 1.807) is 36.5 Å². The van der Waals surface area contributed by atoms with E-state index in [0.29, 0.717) is 18.8 Å². The SMILES string of the molecule is COc1ccc([C@@H](NC(=O)N2CCNCC2)Oc2cccnc2)cc1. The summed E-state index contributed by atoms with van der Waals surface area (Å²) >= 11 is 0. The number of piperazine rings is 1. The summed E-state index contributed by atoms with van der Waals surface area (Å²) in [5.74, 6) is 1.33. The number of nitrogens with zero attached hydrogens (tertiary/aromatic N) is 2. The van der Waals surface area contributed by atoms with Gasteiger partial charge in [-0.2, -0.15) is 0 Å². The number of ether oxygens (including phenoxy) is 2. The standard InChI is InChI=1S/C18H22N4O3/c1-24-15-6-4-14(5-7-15)17(25-16-3-2-8-20-13-16)21-18(23)22-11-9-19-10-12-22/h2-8,13,17,19H,9-12H2,1H3,(H,21,23)/t17-/m0/s1. The van der Waals surface area contributed by atoms with E-state index in [4.69, 9.17) is 9.47 Å². The normalized spacial score (nSPS) is 15.3. The first-order chi connectivity index (χ1) is 12.3. The minimum Gasteiger partial charge on any atom is -0.497 e. The maximum atomic E-state index is 12.6. The second-order valence-electron chi connectivity index (χ2n) is 5.65. The van der Waals surface area contributed by atoms with Crippen molar-refractivity contribution in [3.8, 4) is 11.5 Å². The van der Waals surface area contributed by atoms with E-state index in [9.17, 15) is 4.79 Å². The summed E-state index contributed by atoms with van der Waals surface area (Å²) in [7, 11) is 1.62. The average Bonchev–Trinajstić information content (AvgIpc) is 2.69. The smallest absolute Gasteiger partial charge is 0.320 e. The number of nitrogens with one attached hydrogen (secondary N) is 2. The van der Waals surface area contributed by atoms with Crippen LogP contribution in [0.25, 0.3) is 0 Å². The number of pyridine rings is 1. The van der Waals surface area contributed by atoms with Crippen molar-refractivity contribution in [1.82, 2.24) is 20.5 Å². The molecule has 1 fully saturated rings. The molecule has 1 aliphatic heterocycles. The van der Waals surface area contributed by atoms with Crippen molar-refractivity contribution < 1.29 is 14.3 Å². The topological polar surface area (TPSA) is 75.7 Å². The fraction of sp³-hybridized carbons (Fsp3) is 0.333. The van der Waals surface area contributed by atoms with Gasteiger partial charge in [-0.25, -0.2) is 4.79 Å². The summed E-state index contributed by atoms with van der Waals surface area (Å²) in [5, 5.41) is 6.19. The molecule has 7 nitrogen and oxygen atoms in total. The molecule has 1 aliphatic rings. The van der Waals surface area contributed by atoms with Crippen LogP contribution in [0.4, 0.5) is 4.79 Å². The van der Waals surface area contributed by atoms with Crippen LogP contribution >= 0.6 is 0 Å². The molecule has 0 saturated carbocycles. The van der Waals surface area contributed by atoms with Gasteiger partial charge in [0.1, 0.15) is 11.5 Å². The predicted molar refractivity (Wildman–Crippen MR) is 93.6 cm³/mol. The van der Waals surface area contributed by atoms with E-state index >= 15 is 0 Å². The Morgan fingerprint density at radius 3 is 2.60 bits per heavy atom. The van der Waals surface area contributed by atoms with Gasteiger partial charge in [-0.05, 0) is 36.4 Å². The first kappa shape index (κ1) is 17.0. The van der Waals surface area contributed by atoms with Gasteiger partial charge in [0.2, 0.25) is 0 Å². The monoisotopic (exact) mass is 342 g/mol. The second kappa shape index (κ2) is 8.34.